The molecular weight excluding hydrogens is 468 g/mol. The van der Waals surface area contributed by atoms with Gasteiger partial charge in [-0.05, 0) is 36.5 Å². The van der Waals surface area contributed by atoms with Crippen LogP contribution in [0.3, 0.4) is 0 Å². The Bertz CT molecular complexity index is 1490. The zero-order chi connectivity index (χ0) is 24.4. The Morgan fingerprint density at radius 1 is 1.24 bits per heavy atom. The van der Waals surface area contributed by atoms with Gasteiger partial charge in [0.2, 0.25) is 5.91 Å². The number of fused-ring (bicyclic) bond motifs is 1. The smallest absolute Gasteiger partial charge is 0.277 e. The summed E-state index contributed by atoms with van der Waals surface area (Å²) in [7, 11) is -2.14. The molecule has 3 aromatic rings. The second-order valence-corrected chi connectivity index (χ2v) is 11.0. The van der Waals surface area contributed by atoms with Crippen molar-refractivity contribution in [1.29, 1.82) is 0 Å². The van der Waals surface area contributed by atoms with Crippen molar-refractivity contribution in [2.75, 3.05) is 16.9 Å². The highest BCUT2D eigenvalue weighted by atomic mass is 32.2. The molecule has 5 rings (SSSR count). The molecule has 2 aliphatic rings. The number of aromatic amines is 1. The molecule has 9 nitrogen and oxygen atoms in total. The van der Waals surface area contributed by atoms with Crippen molar-refractivity contribution in [2.45, 2.75) is 42.4 Å². The first-order valence-corrected chi connectivity index (χ1v) is 12.7. The summed E-state index contributed by atoms with van der Waals surface area (Å²) in [6.45, 7) is 0. The van der Waals surface area contributed by atoms with Crippen LogP contribution in [0.15, 0.2) is 34.0 Å². The Morgan fingerprint density at radius 2 is 1.94 bits per heavy atom. The summed E-state index contributed by atoms with van der Waals surface area (Å²) in [5.41, 5.74) is 1.07. The fourth-order valence-electron chi connectivity index (χ4n) is 4.18. The highest BCUT2D eigenvalue weighted by Crippen LogP contribution is 2.49. The first kappa shape index (κ1) is 22.5. The number of carbonyl (C=O) groups excluding carboxylic acids is 1. The van der Waals surface area contributed by atoms with Gasteiger partial charge in [0.1, 0.15) is 17.1 Å². The van der Waals surface area contributed by atoms with Gasteiger partial charge in [0, 0.05) is 25.8 Å². The number of nitrogens with zero attached hydrogens (tertiary/aromatic N) is 2. The predicted octanol–water partition coefficient (Wildman–Crippen LogP) is 3.27. The van der Waals surface area contributed by atoms with Crippen molar-refractivity contribution < 1.29 is 22.0 Å². The van der Waals surface area contributed by atoms with Gasteiger partial charge in [0.05, 0.1) is 16.3 Å². The average Bonchev–Trinajstić information content (AvgIpc) is 3.24. The van der Waals surface area contributed by atoms with Crippen LogP contribution >= 0.6 is 0 Å². The number of rotatable bonds is 6. The minimum Gasteiger partial charge on any atom is -0.354 e. The third-order valence-corrected chi connectivity index (χ3v) is 7.59. The highest BCUT2D eigenvalue weighted by Gasteiger charge is 2.61. The number of amides is 1. The van der Waals surface area contributed by atoms with Crippen molar-refractivity contribution in [2.24, 2.45) is 13.0 Å². The van der Waals surface area contributed by atoms with E-state index in [9.17, 15) is 26.8 Å². The number of anilines is 3. The van der Waals surface area contributed by atoms with E-state index in [1.54, 1.807) is 12.1 Å². The fourth-order valence-corrected chi connectivity index (χ4v) is 5.05. The van der Waals surface area contributed by atoms with Gasteiger partial charge in [0.15, 0.2) is 15.5 Å². The third kappa shape index (κ3) is 3.95. The van der Waals surface area contributed by atoms with Crippen molar-refractivity contribution in [3.05, 3.63) is 40.2 Å². The molecule has 2 aliphatic carbocycles. The lowest BCUT2D eigenvalue weighted by atomic mass is 9.80. The first-order valence-electron chi connectivity index (χ1n) is 10.8. The molecule has 34 heavy (non-hydrogen) atoms. The SMILES string of the molecule is Cn1[nH]c2nc(NC(=O)C3CC3(F)F)cc(Nc3ccc(C4CCC4)cc3S(C)(=O)=O)c2c1=O. The molecule has 0 spiro atoms. The van der Waals surface area contributed by atoms with Gasteiger partial charge in [-0.25, -0.2) is 22.2 Å². The van der Waals surface area contributed by atoms with Gasteiger partial charge in [-0.2, -0.15) is 0 Å². The number of sulfone groups is 1. The Hall–Kier alpha value is -3.28. The molecule has 0 aliphatic heterocycles. The van der Waals surface area contributed by atoms with E-state index in [0.717, 1.165) is 31.1 Å². The molecule has 2 aromatic heterocycles. The summed E-state index contributed by atoms with van der Waals surface area (Å²) >= 11 is 0. The highest BCUT2D eigenvalue weighted by molar-refractivity contribution is 7.90. The van der Waals surface area contributed by atoms with Crippen molar-refractivity contribution in [3.63, 3.8) is 0 Å². The van der Waals surface area contributed by atoms with Crippen LogP contribution in [0.2, 0.25) is 0 Å². The molecule has 0 bridgehead atoms. The summed E-state index contributed by atoms with van der Waals surface area (Å²) in [5.74, 6) is -5.06. The van der Waals surface area contributed by atoms with Gasteiger partial charge in [-0.15, -0.1) is 0 Å². The van der Waals surface area contributed by atoms with Crippen molar-refractivity contribution >= 4 is 44.0 Å². The van der Waals surface area contributed by atoms with Gasteiger partial charge in [-0.3, -0.25) is 19.4 Å². The fraction of sp³-hybridized carbons (Fsp3) is 0.409. The van der Waals surface area contributed by atoms with E-state index in [1.165, 1.54) is 17.8 Å². The molecule has 0 radical (unpaired) electrons. The maximum Gasteiger partial charge on any atom is 0.277 e. The monoisotopic (exact) mass is 491 g/mol. The van der Waals surface area contributed by atoms with E-state index in [1.807, 2.05) is 6.07 Å². The molecule has 3 N–H and O–H groups in total. The van der Waals surface area contributed by atoms with E-state index in [2.05, 4.69) is 20.7 Å². The molecule has 1 aromatic carbocycles. The maximum atomic E-state index is 13.3. The minimum absolute atomic E-state index is 0.0449. The van der Waals surface area contributed by atoms with E-state index >= 15 is 0 Å². The van der Waals surface area contributed by atoms with E-state index in [4.69, 9.17) is 0 Å². The van der Waals surface area contributed by atoms with Crippen LogP contribution in [0.25, 0.3) is 11.0 Å². The molecule has 1 unspecified atom stereocenters. The Labute approximate surface area is 193 Å². The standard InChI is InChI=1S/C22H23F2N5O4S/c1-29-21(31)18-15(9-17(26-19(18)28-29)27-20(30)13-10-22(13,23)24)25-14-7-6-12(11-4-3-5-11)8-16(14)34(2,32)33/h6-9,11,13H,3-5,10H2,1-2H3,(H3,25,26,27,28,30). The minimum atomic E-state index is -3.62. The van der Waals surface area contributed by atoms with Crippen molar-refractivity contribution in [1.82, 2.24) is 14.8 Å². The lowest BCUT2D eigenvalue weighted by molar-refractivity contribution is -0.119. The van der Waals surface area contributed by atoms with E-state index < -0.39 is 39.6 Å². The Balaban J connectivity index is 1.56. The van der Waals surface area contributed by atoms with Crippen LogP contribution in [0, 0.1) is 5.92 Å². The Morgan fingerprint density at radius 3 is 2.53 bits per heavy atom. The van der Waals surface area contributed by atoms with Crippen LogP contribution in [0.4, 0.5) is 26.0 Å². The van der Waals surface area contributed by atoms with Crippen LogP contribution in [0.5, 0.6) is 0 Å². The molecule has 1 atom stereocenters. The lowest BCUT2D eigenvalue weighted by Gasteiger charge is -2.26. The largest absolute Gasteiger partial charge is 0.354 e. The molecule has 12 heteroatoms. The molecule has 1 amide bonds. The number of carbonyl (C=O) groups is 1. The quantitative estimate of drug-likeness (QED) is 0.486. The van der Waals surface area contributed by atoms with E-state index in [0.29, 0.717) is 5.92 Å². The normalized spacial score (nSPS) is 19.6. The second kappa shape index (κ2) is 7.62. The van der Waals surface area contributed by atoms with E-state index in [-0.39, 0.29) is 33.1 Å². The van der Waals surface area contributed by atoms with Gasteiger partial charge in [0.25, 0.3) is 11.5 Å². The molecule has 2 fully saturated rings. The Kier molecular flexibility index (Phi) is 5.04. The van der Waals surface area contributed by atoms with Crippen LogP contribution in [0.1, 0.15) is 37.2 Å². The second-order valence-electron chi connectivity index (χ2n) is 9.04. The van der Waals surface area contributed by atoms with Crippen LogP contribution in [-0.2, 0) is 21.7 Å². The zero-order valence-electron chi connectivity index (χ0n) is 18.5. The van der Waals surface area contributed by atoms with Gasteiger partial charge in [-0.1, -0.05) is 12.5 Å². The summed E-state index contributed by atoms with van der Waals surface area (Å²) < 4.78 is 52.9. The number of aryl methyl sites for hydroxylation is 1. The number of hydrogen-bond acceptors (Lipinski definition) is 6. The first-order chi connectivity index (χ1) is 15.9. The molecule has 0 saturated heterocycles. The molecule has 2 saturated carbocycles. The van der Waals surface area contributed by atoms with Crippen molar-refractivity contribution in [3.8, 4) is 0 Å². The van der Waals surface area contributed by atoms with Crippen LogP contribution < -0.4 is 16.2 Å². The number of H-pyrrole nitrogens is 1. The van der Waals surface area contributed by atoms with Gasteiger partial charge >= 0.3 is 0 Å². The maximum absolute atomic E-state index is 13.3. The molecule has 2 heterocycles. The number of benzene rings is 1. The number of alkyl halides is 2. The summed E-state index contributed by atoms with van der Waals surface area (Å²) in [6.07, 6.45) is 3.69. The number of halogens is 2. The zero-order valence-corrected chi connectivity index (χ0v) is 19.3. The summed E-state index contributed by atoms with van der Waals surface area (Å²) in [6, 6.07) is 6.48. The number of aromatic nitrogens is 3. The third-order valence-electron chi connectivity index (χ3n) is 6.46. The topological polar surface area (TPSA) is 126 Å². The predicted molar refractivity (Wildman–Crippen MR) is 122 cm³/mol. The number of nitrogens with one attached hydrogen (secondary N) is 3. The molecule has 180 valence electrons. The lowest BCUT2D eigenvalue weighted by Crippen LogP contribution is -2.18. The summed E-state index contributed by atoms with van der Waals surface area (Å²) in [4.78, 5) is 29.1. The van der Waals surface area contributed by atoms with Gasteiger partial charge < -0.3 is 10.6 Å². The molecular formula is C22H23F2N5O4S. The summed E-state index contributed by atoms with van der Waals surface area (Å²) in [5, 5.41) is 8.26. The average molecular weight is 492 g/mol. The number of pyridine rings is 1. The van der Waals surface area contributed by atoms with Crippen LogP contribution in [-0.4, -0.2) is 41.3 Å². The number of hydrogen-bond donors (Lipinski definition) is 3.